The minimum atomic E-state index is -1.68. The summed E-state index contributed by atoms with van der Waals surface area (Å²) in [6.07, 6.45) is 4.67. The summed E-state index contributed by atoms with van der Waals surface area (Å²) in [4.78, 5) is 15.3. The van der Waals surface area contributed by atoms with Crippen LogP contribution in [-0.2, 0) is 21.1 Å². The molecule has 0 spiro atoms. The second-order valence-corrected chi connectivity index (χ2v) is 4.00. The summed E-state index contributed by atoms with van der Waals surface area (Å²) >= 11 is -1.68. The molecule has 0 saturated heterocycles. The second-order valence-electron chi connectivity index (χ2n) is 3.12. The third-order valence-electron chi connectivity index (χ3n) is 2.02. The SMILES string of the molecule is COC(=O)C1=CC(c2cccnc2)=N[S+]([O-])N1. The molecule has 2 rings (SSSR count). The van der Waals surface area contributed by atoms with Crippen molar-refractivity contribution in [1.82, 2.24) is 9.71 Å². The Morgan fingerprint density at radius 1 is 1.59 bits per heavy atom. The molecule has 0 bridgehead atoms. The van der Waals surface area contributed by atoms with Gasteiger partial charge in [-0.15, -0.1) is 0 Å². The molecule has 7 heteroatoms. The largest absolute Gasteiger partial charge is 0.567 e. The van der Waals surface area contributed by atoms with Crippen LogP contribution in [-0.4, -0.2) is 28.3 Å². The van der Waals surface area contributed by atoms with Gasteiger partial charge in [-0.2, -0.15) is 4.72 Å². The highest BCUT2D eigenvalue weighted by Crippen LogP contribution is 2.11. The van der Waals surface area contributed by atoms with Gasteiger partial charge in [0.05, 0.1) is 7.11 Å². The van der Waals surface area contributed by atoms with Gasteiger partial charge in [-0.05, 0) is 16.5 Å². The number of carbonyl (C=O) groups excluding carboxylic acids is 1. The van der Waals surface area contributed by atoms with Crippen LogP contribution in [0.15, 0.2) is 40.7 Å². The molecule has 1 aromatic heterocycles. The van der Waals surface area contributed by atoms with Crippen molar-refractivity contribution in [3.05, 3.63) is 41.9 Å². The fraction of sp³-hybridized carbons (Fsp3) is 0.100. The van der Waals surface area contributed by atoms with Gasteiger partial charge in [0.1, 0.15) is 5.71 Å². The van der Waals surface area contributed by atoms with E-state index in [0.29, 0.717) is 11.3 Å². The van der Waals surface area contributed by atoms with Crippen molar-refractivity contribution in [2.45, 2.75) is 0 Å². The van der Waals surface area contributed by atoms with E-state index in [0.717, 1.165) is 0 Å². The Morgan fingerprint density at radius 2 is 2.41 bits per heavy atom. The maximum atomic E-state index is 11.4. The molecule has 0 radical (unpaired) electrons. The summed E-state index contributed by atoms with van der Waals surface area (Å²) in [5, 5.41) is 0. The zero-order chi connectivity index (χ0) is 12.3. The summed E-state index contributed by atoms with van der Waals surface area (Å²) in [6.45, 7) is 0. The topological polar surface area (TPSA) is 86.6 Å². The van der Waals surface area contributed by atoms with Crippen molar-refractivity contribution in [2.24, 2.45) is 4.40 Å². The van der Waals surface area contributed by atoms with Crippen LogP contribution in [0.2, 0.25) is 0 Å². The Morgan fingerprint density at radius 3 is 3.06 bits per heavy atom. The number of ether oxygens (including phenoxy) is 1. The zero-order valence-corrected chi connectivity index (χ0v) is 9.73. The number of allylic oxidation sites excluding steroid dienone is 1. The van der Waals surface area contributed by atoms with Crippen molar-refractivity contribution in [3.8, 4) is 0 Å². The van der Waals surface area contributed by atoms with Crippen LogP contribution in [0.25, 0.3) is 0 Å². The summed E-state index contributed by atoms with van der Waals surface area (Å²) in [6, 6.07) is 3.49. The molecule has 0 saturated carbocycles. The van der Waals surface area contributed by atoms with Gasteiger partial charge in [0.15, 0.2) is 5.70 Å². The Labute approximate surface area is 101 Å². The average Bonchev–Trinajstić information content (AvgIpc) is 2.38. The lowest BCUT2D eigenvalue weighted by Gasteiger charge is -2.13. The van der Waals surface area contributed by atoms with E-state index in [-0.39, 0.29) is 5.70 Å². The molecule has 2 heterocycles. The third-order valence-corrected chi connectivity index (χ3v) is 2.78. The van der Waals surface area contributed by atoms with E-state index in [1.807, 2.05) is 0 Å². The summed E-state index contributed by atoms with van der Waals surface area (Å²) in [5.41, 5.74) is 1.22. The molecule has 17 heavy (non-hydrogen) atoms. The summed E-state index contributed by atoms with van der Waals surface area (Å²) in [7, 11) is 1.25. The van der Waals surface area contributed by atoms with Gasteiger partial charge in [0.25, 0.3) is 0 Å². The van der Waals surface area contributed by atoms with Gasteiger partial charge in [0, 0.05) is 24.0 Å². The van der Waals surface area contributed by atoms with Gasteiger partial charge < -0.3 is 9.29 Å². The molecule has 1 unspecified atom stereocenters. The Hall–Kier alpha value is -1.86. The van der Waals surface area contributed by atoms with E-state index >= 15 is 0 Å². The van der Waals surface area contributed by atoms with Gasteiger partial charge in [-0.1, -0.05) is 0 Å². The highest BCUT2D eigenvalue weighted by atomic mass is 32.2. The number of nitrogens with one attached hydrogen (secondary N) is 1. The first kappa shape index (κ1) is 11.6. The average molecular weight is 251 g/mol. The van der Waals surface area contributed by atoms with Crippen molar-refractivity contribution in [3.63, 3.8) is 0 Å². The minimum Gasteiger partial charge on any atom is -0.567 e. The predicted molar refractivity (Wildman–Crippen MR) is 62.2 cm³/mol. The van der Waals surface area contributed by atoms with E-state index in [4.69, 9.17) is 0 Å². The fourth-order valence-corrected chi connectivity index (χ4v) is 1.97. The number of nitrogens with zero attached hydrogens (tertiary/aromatic N) is 2. The van der Waals surface area contributed by atoms with E-state index in [1.54, 1.807) is 24.5 Å². The number of hydrogen-bond donors (Lipinski definition) is 1. The van der Waals surface area contributed by atoms with Crippen molar-refractivity contribution < 1.29 is 14.1 Å². The molecule has 0 aliphatic carbocycles. The number of pyridine rings is 1. The number of carbonyl (C=O) groups is 1. The molecule has 1 aliphatic rings. The number of aromatic nitrogens is 1. The Balaban J connectivity index is 2.34. The molecule has 0 aromatic carbocycles. The summed E-state index contributed by atoms with van der Waals surface area (Å²) in [5.74, 6) is -0.588. The second kappa shape index (κ2) is 4.98. The van der Waals surface area contributed by atoms with Crippen molar-refractivity contribution in [1.29, 1.82) is 0 Å². The maximum Gasteiger partial charge on any atom is 0.358 e. The van der Waals surface area contributed by atoms with Crippen LogP contribution in [0.5, 0.6) is 0 Å². The fourth-order valence-electron chi connectivity index (χ4n) is 1.26. The lowest BCUT2D eigenvalue weighted by Crippen LogP contribution is -2.31. The first-order chi connectivity index (χ1) is 8.20. The highest BCUT2D eigenvalue weighted by molar-refractivity contribution is 7.88. The maximum absolute atomic E-state index is 11.4. The smallest absolute Gasteiger partial charge is 0.358 e. The Bertz CT molecular complexity index is 487. The zero-order valence-electron chi connectivity index (χ0n) is 8.91. The van der Waals surface area contributed by atoms with Crippen molar-refractivity contribution in [2.75, 3.05) is 7.11 Å². The van der Waals surface area contributed by atoms with Crippen LogP contribution in [0, 0.1) is 0 Å². The predicted octanol–water partition coefficient (Wildman–Crippen LogP) is 0.109. The van der Waals surface area contributed by atoms with Crippen LogP contribution < -0.4 is 4.72 Å². The molecule has 1 N–H and O–H groups in total. The molecule has 1 aliphatic heterocycles. The molecule has 1 aromatic rings. The number of methoxy groups -OCH3 is 1. The summed E-state index contributed by atoms with van der Waals surface area (Å²) < 4.78 is 22.3. The van der Waals surface area contributed by atoms with E-state index in [9.17, 15) is 9.35 Å². The van der Waals surface area contributed by atoms with Gasteiger partial charge in [-0.3, -0.25) is 4.98 Å². The molecule has 0 fully saturated rings. The third kappa shape index (κ3) is 2.63. The van der Waals surface area contributed by atoms with Gasteiger partial charge >= 0.3 is 5.97 Å². The van der Waals surface area contributed by atoms with E-state index in [2.05, 4.69) is 18.8 Å². The molecule has 1 atom stereocenters. The minimum absolute atomic E-state index is 0.111. The normalized spacial score (nSPS) is 18.8. The first-order valence-corrected chi connectivity index (χ1v) is 5.79. The van der Waals surface area contributed by atoms with Gasteiger partial charge in [0.2, 0.25) is 11.5 Å². The molecule has 0 amide bonds. The Kier molecular flexibility index (Phi) is 3.40. The van der Waals surface area contributed by atoms with Crippen LogP contribution >= 0.6 is 0 Å². The highest BCUT2D eigenvalue weighted by Gasteiger charge is 2.24. The lowest BCUT2D eigenvalue weighted by atomic mass is 10.1. The lowest BCUT2D eigenvalue weighted by molar-refractivity contribution is -0.136. The molecular formula is C10H9N3O3S. The molecule has 6 nitrogen and oxygen atoms in total. The number of esters is 1. The van der Waals surface area contributed by atoms with E-state index < -0.39 is 17.5 Å². The van der Waals surface area contributed by atoms with E-state index in [1.165, 1.54) is 13.2 Å². The number of rotatable bonds is 2. The monoisotopic (exact) mass is 251 g/mol. The van der Waals surface area contributed by atoms with Crippen molar-refractivity contribution >= 4 is 23.2 Å². The van der Waals surface area contributed by atoms with Crippen LogP contribution in [0.4, 0.5) is 0 Å². The van der Waals surface area contributed by atoms with Crippen LogP contribution in [0.1, 0.15) is 5.56 Å². The first-order valence-electron chi connectivity index (χ1n) is 4.68. The number of hydrogen-bond acceptors (Lipinski definition) is 6. The quantitative estimate of drug-likeness (QED) is 0.595. The standard InChI is InChI=1S/C10H9N3O3S/c1-16-10(14)9-5-8(12-17(15)13-9)7-3-2-4-11-6-7/h2-6,13H,1H3. The molecular weight excluding hydrogens is 242 g/mol. The van der Waals surface area contributed by atoms with Gasteiger partial charge in [-0.25, -0.2) is 4.79 Å². The molecule has 88 valence electrons. The van der Waals surface area contributed by atoms with Crippen LogP contribution in [0.3, 0.4) is 0 Å².